The van der Waals surface area contributed by atoms with Crippen LogP contribution >= 0.6 is 0 Å². The molecule has 0 aromatic heterocycles. The van der Waals surface area contributed by atoms with Crippen LogP contribution in [0.2, 0.25) is 0 Å². The molecule has 1 N–H and O–H groups in total. The van der Waals surface area contributed by atoms with Gasteiger partial charge in [-0.05, 0) is 172 Å². The fraction of sp³-hybridized carbons (Fsp3) is 0.200. The number of aryl methyl sites for hydroxylation is 1. The van der Waals surface area contributed by atoms with Crippen LogP contribution < -0.4 is 16.2 Å². The van der Waals surface area contributed by atoms with E-state index >= 15 is 0 Å². The number of hydrogen-bond donors (Lipinski definition) is 1. The average Bonchev–Trinajstić information content (AvgIpc) is 3.79. The van der Waals surface area contributed by atoms with Crippen molar-refractivity contribution < 1.29 is 0 Å². The second-order valence-electron chi connectivity index (χ2n) is 21.8. The molecule has 0 bridgehead atoms. The first-order valence-electron chi connectivity index (χ1n) is 24.4. The van der Waals surface area contributed by atoms with Crippen molar-refractivity contribution in [3.63, 3.8) is 0 Å². The van der Waals surface area contributed by atoms with Crippen LogP contribution in [0, 0.1) is 6.92 Å². The molecule has 67 heavy (non-hydrogen) atoms. The molecule has 0 spiro atoms. The van der Waals surface area contributed by atoms with Gasteiger partial charge in [-0.25, -0.2) is 0 Å². The average molecular weight is 861 g/mol. The topological polar surface area (TPSA) is 12.0 Å². The lowest BCUT2D eigenvalue weighted by Crippen LogP contribution is -2.42. The van der Waals surface area contributed by atoms with Crippen molar-refractivity contribution in [1.82, 2.24) is 0 Å². The summed E-state index contributed by atoms with van der Waals surface area (Å²) in [6.45, 7) is 16.9. The maximum Gasteiger partial charge on any atom is 0.193 e. The van der Waals surface area contributed by atoms with Gasteiger partial charge in [0.2, 0.25) is 0 Å². The fourth-order valence-corrected chi connectivity index (χ4v) is 12.8. The molecule has 323 valence electrons. The Balaban J connectivity index is 1.10. The van der Waals surface area contributed by atoms with Gasteiger partial charge in [0, 0.05) is 28.3 Å². The molecule has 2 heteroatoms. The lowest BCUT2D eigenvalue weighted by atomic mass is 9.50. The summed E-state index contributed by atoms with van der Waals surface area (Å²) in [7, 11) is 2.57. The fourth-order valence-electron chi connectivity index (χ4n) is 12.8. The molecule has 9 aromatic carbocycles. The van der Waals surface area contributed by atoms with E-state index in [2.05, 4.69) is 231 Å². The molecular formula is C65H55BN. The molecule has 0 saturated heterocycles. The molecule has 0 amide bonds. The van der Waals surface area contributed by atoms with Gasteiger partial charge in [0.15, 0.2) is 7.28 Å². The first-order valence-corrected chi connectivity index (χ1v) is 24.4. The largest absolute Gasteiger partial charge is 0.355 e. The van der Waals surface area contributed by atoms with E-state index in [1.54, 1.807) is 0 Å². The van der Waals surface area contributed by atoms with Gasteiger partial charge < -0.3 is 5.32 Å². The Hall–Kier alpha value is -6.90. The van der Waals surface area contributed by atoms with Gasteiger partial charge >= 0.3 is 0 Å². The molecule has 1 heterocycles. The molecule has 1 nitrogen and oxygen atoms in total. The summed E-state index contributed by atoms with van der Waals surface area (Å²) < 4.78 is 0. The van der Waals surface area contributed by atoms with Gasteiger partial charge in [-0.2, -0.15) is 0 Å². The molecule has 1 unspecified atom stereocenters. The van der Waals surface area contributed by atoms with E-state index in [9.17, 15) is 0 Å². The van der Waals surface area contributed by atoms with Crippen LogP contribution in [0.15, 0.2) is 170 Å². The highest BCUT2D eigenvalue weighted by Gasteiger charge is 2.46. The Bertz CT molecular complexity index is 3550. The van der Waals surface area contributed by atoms with Crippen molar-refractivity contribution in [2.24, 2.45) is 0 Å². The van der Waals surface area contributed by atoms with E-state index in [1.165, 1.54) is 140 Å². The molecule has 1 radical (unpaired) electrons. The standard InChI is InChI=1S/C65H55BN/c1-38-30-53-54(64(4,5)29-28-63(53,2)3)37-56(38)67-57-35-42-23-15-14-22-41(42)32-48(57)51-36-50-45-24-16-17-25-52(45)65(6,7)61(50)60-59-46-27-26-43(39-18-10-8-11-19-39)31-47(46)49-33-44(40-20-12-9-13-21-40)34-55(58(49)59)66-62(51)60/h8-27,30-37,59,67H,28-29H2,1-7H3. The molecule has 9 aromatic rings. The summed E-state index contributed by atoms with van der Waals surface area (Å²) in [5.74, 6) is 0.0716. The lowest BCUT2D eigenvalue weighted by molar-refractivity contribution is 0.332. The lowest BCUT2D eigenvalue weighted by Gasteiger charge is -2.42. The highest BCUT2D eigenvalue weighted by atomic mass is 14.9. The summed E-state index contributed by atoms with van der Waals surface area (Å²) in [4.78, 5) is 0. The Morgan fingerprint density at radius 3 is 1.81 bits per heavy atom. The van der Waals surface area contributed by atoms with Crippen LogP contribution in [0.25, 0.3) is 66.4 Å². The van der Waals surface area contributed by atoms with Crippen LogP contribution in [0.1, 0.15) is 105 Å². The van der Waals surface area contributed by atoms with Gasteiger partial charge in [-0.1, -0.05) is 186 Å². The quantitative estimate of drug-likeness (QED) is 0.170. The minimum Gasteiger partial charge on any atom is -0.355 e. The van der Waals surface area contributed by atoms with Gasteiger partial charge in [-0.15, -0.1) is 0 Å². The monoisotopic (exact) mass is 860 g/mol. The Labute approximate surface area is 397 Å². The van der Waals surface area contributed by atoms with Crippen molar-refractivity contribution in [2.75, 3.05) is 5.32 Å². The first kappa shape index (κ1) is 40.4. The number of fused-ring (bicyclic) bond motifs is 11. The van der Waals surface area contributed by atoms with Crippen LogP contribution in [-0.4, -0.2) is 7.28 Å². The predicted octanol–water partition coefficient (Wildman–Crippen LogP) is 15.7. The number of anilines is 2. The third-order valence-corrected chi connectivity index (χ3v) is 16.5. The van der Waals surface area contributed by atoms with E-state index in [0.717, 1.165) is 5.69 Å². The van der Waals surface area contributed by atoms with Gasteiger partial charge in [0.25, 0.3) is 0 Å². The molecule has 3 aliphatic carbocycles. The molecule has 0 fully saturated rings. The van der Waals surface area contributed by atoms with E-state index < -0.39 is 0 Å². The Morgan fingerprint density at radius 2 is 1.07 bits per heavy atom. The normalized spacial score (nSPS) is 17.1. The zero-order valence-corrected chi connectivity index (χ0v) is 39.7. The van der Waals surface area contributed by atoms with E-state index in [4.69, 9.17) is 0 Å². The van der Waals surface area contributed by atoms with Gasteiger partial charge in [-0.3, -0.25) is 0 Å². The number of benzene rings is 9. The van der Waals surface area contributed by atoms with E-state index in [-0.39, 0.29) is 22.2 Å². The molecule has 1 aliphatic heterocycles. The molecule has 4 aliphatic rings. The highest BCUT2D eigenvalue weighted by Crippen LogP contribution is 2.58. The molecule has 1 atom stereocenters. The van der Waals surface area contributed by atoms with Crippen molar-refractivity contribution in [3.8, 4) is 55.6 Å². The third-order valence-electron chi connectivity index (χ3n) is 16.5. The number of nitrogens with one attached hydrogen (secondary N) is 1. The van der Waals surface area contributed by atoms with Gasteiger partial charge in [0.05, 0.1) is 0 Å². The van der Waals surface area contributed by atoms with Crippen LogP contribution in [-0.2, 0) is 16.2 Å². The number of hydrogen-bond acceptors (Lipinski definition) is 1. The van der Waals surface area contributed by atoms with E-state index in [0.29, 0.717) is 0 Å². The summed E-state index contributed by atoms with van der Waals surface area (Å²) in [6, 6.07) is 64.7. The minimum atomic E-state index is -0.206. The summed E-state index contributed by atoms with van der Waals surface area (Å²) in [5.41, 5.74) is 29.3. The van der Waals surface area contributed by atoms with Crippen molar-refractivity contribution in [3.05, 3.63) is 214 Å². The maximum atomic E-state index is 4.17. The Kier molecular flexibility index (Phi) is 8.62. The smallest absolute Gasteiger partial charge is 0.193 e. The molecular weight excluding hydrogens is 806 g/mol. The third kappa shape index (κ3) is 6.01. The SMILES string of the molecule is Cc1cc2c(cc1Nc1cc3ccccc3cc1-c1cc3c(c4c1[B]c1cc(-c5ccccc5)cc5c1C4c1ccc(-c4ccccc4)cc1-5)C(C)(C)c1ccccc1-3)C(C)(C)CCC2(C)C. The maximum absolute atomic E-state index is 4.17. The zero-order chi connectivity index (χ0) is 45.6. The van der Waals surface area contributed by atoms with Gasteiger partial charge in [0.1, 0.15) is 0 Å². The number of rotatable bonds is 5. The van der Waals surface area contributed by atoms with Crippen molar-refractivity contribution in [2.45, 2.75) is 83.5 Å². The summed E-state index contributed by atoms with van der Waals surface area (Å²) in [5, 5.41) is 6.64. The van der Waals surface area contributed by atoms with Crippen LogP contribution in [0.3, 0.4) is 0 Å². The summed E-state index contributed by atoms with van der Waals surface area (Å²) in [6.07, 6.45) is 2.38. The first-order chi connectivity index (χ1) is 32.4. The van der Waals surface area contributed by atoms with Crippen molar-refractivity contribution >= 4 is 40.4 Å². The molecule has 0 saturated carbocycles. The van der Waals surface area contributed by atoms with Crippen LogP contribution in [0.4, 0.5) is 11.4 Å². The van der Waals surface area contributed by atoms with Crippen molar-refractivity contribution in [1.29, 1.82) is 0 Å². The molecule has 13 rings (SSSR count). The summed E-state index contributed by atoms with van der Waals surface area (Å²) >= 11 is 0. The second kappa shape index (κ2) is 14.3. The van der Waals surface area contributed by atoms with Crippen LogP contribution in [0.5, 0.6) is 0 Å². The van der Waals surface area contributed by atoms with E-state index in [1.807, 2.05) is 0 Å². The Morgan fingerprint density at radius 1 is 0.448 bits per heavy atom. The minimum absolute atomic E-state index is 0.0716. The second-order valence-corrected chi connectivity index (χ2v) is 21.8. The predicted molar refractivity (Wildman–Crippen MR) is 285 cm³/mol. The highest BCUT2D eigenvalue weighted by molar-refractivity contribution is 6.71. The zero-order valence-electron chi connectivity index (χ0n) is 39.7.